The Balaban J connectivity index is 1.40. The lowest BCUT2D eigenvalue weighted by atomic mass is 10.1. The van der Waals surface area contributed by atoms with Crippen LogP contribution in [0.25, 0.3) is 0 Å². The predicted octanol–water partition coefficient (Wildman–Crippen LogP) is 4.16. The number of hydrogen-bond acceptors (Lipinski definition) is 8. The zero-order valence-electron chi connectivity index (χ0n) is 17.2. The first-order valence-corrected chi connectivity index (χ1v) is 10.1. The van der Waals surface area contributed by atoms with Gasteiger partial charge in [-0.25, -0.2) is 23.1 Å². The van der Waals surface area contributed by atoms with E-state index in [1.165, 1.54) is 12.1 Å². The minimum absolute atomic E-state index is 0.0638. The summed E-state index contributed by atoms with van der Waals surface area (Å²) in [5.74, 6) is -0.725. The summed E-state index contributed by atoms with van der Waals surface area (Å²) < 4.78 is 39.7. The van der Waals surface area contributed by atoms with Crippen molar-refractivity contribution in [2.45, 2.75) is 25.8 Å². The Morgan fingerprint density at radius 2 is 1.61 bits per heavy atom. The van der Waals surface area contributed by atoms with Gasteiger partial charge in [0, 0.05) is 17.8 Å². The molecule has 13 heteroatoms. The molecule has 170 valence electrons. The van der Waals surface area contributed by atoms with Crippen molar-refractivity contribution in [2.75, 3.05) is 10.6 Å². The van der Waals surface area contributed by atoms with Crippen LogP contribution in [0.3, 0.4) is 0 Å². The Bertz CT molecular complexity index is 1230. The average molecular weight is 476 g/mol. The standard InChI is InChI=1S/C20H17ClF3N9/c1-10(17-25-8-14(24)9-26-17)27-19-29-18(21)30-20(31-19)28-16-7-15(32-33-16)3-2-11-4-12(22)6-13(23)5-11/h4-10H,2-3H2,1H3,(H3,27,28,29,30,31,32,33)/t10-/m0/s1. The van der Waals surface area contributed by atoms with Crippen molar-refractivity contribution >= 4 is 29.3 Å². The molecule has 4 aromatic rings. The lowest BCUT2D eigenvalue weighted by Crippen LogP contribution is -2.14. The van der Waals surface area contributed by atoms with E-state index in [9.17, 15) is 13.2 Å². The average Bonchev–Trinajstić information content (AvgIpc) is 3.19. The number of anilines is 3. The summed E-state index contributed by atoms with van der Waals surface area (Å²) in [5, 5.41) is 12.8. The van der Waals surface area contributed by atoms with Gasteiger partial charge in [-0.05, 0) is 49.1 Å². The molecule has 9 nitrogen and oxygen atoms in total. The van der Waals surface area contributed by atoms with Gasteiger partial charge in [-0.15, -0.1) is 0 Å². The van der Waals surface area contributed by atoms with Crippen LogP contribution in [-0.2, 0) is 12.8 Å². The molecule has 0 saturated heterocycles. The second-order valence-electron chi connectivity index (χ2n) is 7.06. The maximum absolute atomic E-state index is 13.3. The van der Waals surface area contributed by atoms with Crippen molar-refractivity contribution in [1.82, 2.24) is 35.1 Å². The number of H-pyrrole nitrogens is 1. The third-order valence-corrected chi connectivity index (χ3v) is 4.63. The highest BCUT2D eigenvalue weighted by atomic mass is 35.5. The zero-order valence-corrected chi connectivity index (χ0v) is 17.9. The van der Waals surface area contributed by atoms with E-state index in [0.717, 1.165) is 24.2 Å². The highest BCUT2D eigenvalue weighted by Gasteiger charge is 2.13. The van der Waals surface area contributed by atoms with Crippen LogP contribution in [0.2, 0.25) is 5.28 Å². The molecule has 3 aromatic heterocycles. The Morgan fingerprint density at radius 3 is 2.33 bits per heavy atom. The number of aromatic nitrogens is 7. The Hall–Kier alpha value is -3.80. The van der Waals surface area contributed by atoms with Gasteiger partial charge in [0.2, 0.25) is 17.2 Å². The molecule has 4 rings (SSSR count). The normalized spacial score (nSPS) is 11.9. The SMILES string of the molecule is C[C@H](Nc1nc(Cl)nc(Nc2cc(CCc3cc(F)cc(F)c3)[nH]n2)n1)c1ncc(F)cn1. The van der Waals surface area contributed by atoms with Crippen molar-refractivity contribution in [2.24, 2.45) is 0 Å². The van der Waals surface area contributed by atoms with Crippen molar-refractivity contribution in [3.05, 3.63) is 76.5 Å². The van der Waals surface area contributed by atoms with Crippen LogP contribution in [0.15, 0.2) is 36.7 Å². The van der Waals surface area contributed by atoms with Crippen molar-refractivity contribution < 1.29 is 13.2 Å². The molecule has 0 aliphatic heterocycles. The molecule has 33 heavy (non-hydrogen) atoms. The van der Waals surface area contributed by atoms with E-state index in [1.54, 1.807) is 13.0 Å². The molecule has 0 radical (unpaired) electrons. The van der Waals surface area contributed by atoms with E-state index in [1.807, 2.05) is 0 Å². The largest absolute Gasteiger partial charge is 0.344 e. The lowest BCUT2D eigenvalue weighted by Gasteiger charge is -2.12. The monoisotopic (exact) mass is 475 g/mol. The van der Waals surface area contributed by atoms with E-state index in [4.69, 9.17) is 11.6 Å². The van der Waals surface area contributed by atoms with E-state index in [-0.39, 0.29) is 17.2 Å². The first kappa shape index (κ1) is 22.4. The van der Waals surface area contributed by atoms with Gasteiger partial charge >= 0.3 is 0 Å². The van der Waals surface area contributed by atoms with Crippen LogP contribution >= 0.6 is 11.6 Å². The molecule has 1 aromatic carbocycles. The Labute approximate surface area is 190 Å². The quantitative estimate of drug-likeness (QED) is 0.348. The smallest absolute Gasteiger partial charge is 0.234 e. The van der Waals surface area contributed by atoms with Crippen LogP contribution in [0, 0.1) is 17.5 Å². The van der Waals surface area contributed by atoms with Crippen LogP contribution in [0.4, 0.5) is 30.9 Å². The molecular formula is C20H17ClF3N9. The van der Waals surface area contributed by atoms with E-state index in [2.05, 4.69) is 45.8 Å². The van der Waals surface area contributed by atoms with Gasteiger partial charge in [0.25, 0.3) is 0 Å². The summed E-state index contributed by atoms with van der Waals surface area (Å²) in [5.41, 5.74) is 1.28. The fourth-order valence-corrected chi connectivity index (χ4v) is 3.14. The third kappa shape index (κ3) is 6.13. The van der Waals surface area contributed by atoms with E-state index >= 15 is 0 Å². The summed E-state index contributed by atoms with van der Waals surface area (Å²) in [6.45, 7) is 1.75. The van der Waals surface area contributed by atoms with Gasteiger partial charge in [-0.1, -0.05) is 0 Å². The van der Waals surface area contributed by atoms with E-state index < -0.39 is 23.5 Å². The second-order valence-corrected chi connectivity index (χ2v) is 7.40. The minimum atomic E-state index is -0.617. The summed E-state index contributed by atoms with van der Waals surface area (Å²) in [4.78, 5) is 20.1. The molecular weight excluding hydrogens is 459 g/mol. The summed E-state index contributed by atoms with van der Waals surface area (Å²) >= 11 is 6.00. The summed E-state index contributed by atoms with van der Waals surface area (Å²) in [7, 11) is 0. The van der Waals surface area contributed by atoms with Gasteiger partial charge in [0.05, 0.1) is 18.4 Å². The van der Waals surface area contributed by atoms with Crippen LogP contribution in [-0.4, -0.2) is 35.1 Å². The van der Waals surface area contributed by atoms with Crippen LogP contribution in [0.1, 0.15) is 30.0 Å². The maximum atomic E-state index is 13.3. The number of nitrogens with one attached hydrogen (secondary N) is 3. The van der Waals surface area contributed by atoms with Gasteiger partial charge in [-0.3, -0.25) is 5.10 Å². The summed E-state index contributed by atoms with van der Waals surface area (Å²) in [6, 6.07) is 4.70. The number of nitrogens with zero attached hydrogens (tertiary/aromatic N) is 6. The molecule has 0 spiro atoms. The minimum Gasteiger partial charge on any atom is -0.344 e. The molecule has 0 unspecified atom stereocenters. The van der Waals surface area contributed by atoms with Crippen LogP contribution in [0.5, 0.6) is 0 Å². The van der Waals surface area contributed by atoms with E-state index in [0.29, 0.717) is 30.0 Å². The number of benzene rings is 1. The number of aromatic amines is 1. The highest BCUT2D eigenvalue weighted by Crippen LogP contribution is 2.19. The highest BCUT2D eigenvalue weighted by molar-refractivity contribution is 6.28. The number of hydrogen-bond donors (Lipinski definition) is 3. The molecule has 0 amide bonds. The fourth-order valence-electron chi connectivity index (χ4n) is 2.98. The number of aryl methyl sites for hydroxylation is 2. The number of halogens is 4. The van der Waals surface area contributed by atoms with Crippen molar-refractivity contribution in [3.63, 3.8) is 0 Å². The molecule has 3 N–H and O–H groups in total. The Kier molecular flexibility index (Phi) is 6.63. The maximum Gasteiger partial charge on any atom is 0.234 e. The molecule has 0 aliphatic rings. The second kappa shape index (κ2) is 9.77. The first-order chi connectivity index (χ1) is 15.8. The molecule has 0 saturated carbocycles. The van der Waals surface area contributed by atoms with Gasteiger partial charge in [0.15, 0.2) is 11.6 Å². The predicted molar refractivity (Wildman–Crippen MR) is 115 cm³/mol. The van der Waals surface area contributed by atoms with Crippen molar-refractivity contribution in [1.29, 1.82) is 0 Å². The topological polar surface area (TPSA) is 117 Å². The summed E-state index contributed by atoms with van der Waals surface area (Å²) in [6.07, 6.45) is 3.03. The molecule has 0 bridgehead atoms. The van der Waals surface area contributed by atoms with Crippen molar-refractivity contribution in [3.8, 4) is 0 Å². The molecule has 3 heterocycles. The zero-order chi connectivity index (χ0) is 23.4. The molecule has 0 fully saturated rings. The van der Waals surface area contributed by atoms with Gasteiger partial charge in [0.1, 0.15) is 17.5 Å². The molecule has 1 atom stereocenters. The lowest BCUT2D eigenvalue weighted by molar-refractivity contribution is 0.579. The Morgan fingerprint density at radius 1 is 0.909 bits per heavy atom. The van der Waals surface area contributed by atoms with Gasteiger partial charge in [-0.2, -0.15) is 20.1 Å². The van der Waals surface area contributed by atoms with Crippen LogP contribution < -0.4 is 10.6 Å². The third-order valence-electron chi connectivity index (χ3n) is 4.46. The fraction of sp³-hybridized carbons (Fsp3) is 0.200. The van der Waals surface area contributed by atoms with Gasteiger partial charge < -0.3 is 10.6 Å². The first-order valence-electron chi connectivity index (χ1n) is 9.76. The number of rotatable bonds is 8. The molecule has 0 aliphatic carbocycles.